The number of nitrogens with zero attached hydrogens (tertiary/aromatic N) is 4. The zero-order chi connectivity index (χ0) is 26.4. The van der Waals surface area contributed by atoms with E-state index in [4.69, 9.17) is 23.2 Å². The third-order valence-corrected chi connectivity index (χ3v) is 9.77. The normalized spacial score (nSPS) is 12.6. The molecule has 4 rings (SSSR count). The Labute approximate surface area is 219 Å². The van der Waals surface area contributed by atoms with Crippen molar-refractivity contribution in [3.8, 4) is 0 Å². The van der Waals surface area contributed by atoms with Gasteiger partial charge in [-0.1, -0.05) is 55.6 Å². The van der Waals surface area contributed by atoms with Gasteiger partial charge in [0, 0.05) is 6.54 Å². The molecule has 0 saturated carbocycles. The van der Waals surface area contributed by atoms with Crippen molar-refractivity contribution >= 4 is 65.3 Å². The SMILES string of the molecule is CCCCN(n1c(S(=O)(=O)NCC)nc2c(Cl)c(C)c(C)c(Cl)c21)S(=O)(=O)c1nc2ccccc2[nH]1. The fourth-order valence-electron chi connectivity index (χ4n) is 3.83. The van der Waals surface area contributed by atoms with Gasteiger partial charge in [-0.3, -0.25) is 0 Å². The van der Waals surface area contributed by atoms with Crippen LogP contribution in [-0.4, -0.2) is 49.6 Å². The molecule has 2 heterocycles. The summed E-state index contributed by atoms with van der Waals surface area (Å²) in [4.78, 5) is 11.4. The quantitative estimate of drug-likeness (QED) is 0.308. The van der Waals surface area contributed by atoms with Gasteiger partial charge in [-0.15, -0.1) is 0 Å². The molecular formula is C22H26Cl2N6O4S2. The Morgan fingerprint density at radius 1 is 1.03 bits per heavy atom. The Bertz CT molecular complexity index is 1650. The third-order valence-electron chi connectivity index (χ3n) is 5.85. The number of hydrogen-bond donors (Lipinski definition) is 2. The second kappa shape index (κ2) is 9.82. The van der Waals surface area contributed by atoms with Crippen LogP contribution in [0, 0.1) is 13.8 Å². The van der Waals surface area contributed by atoms with E-state index in [1.54, 1.807) is 45.0 Å². The summed E-state index contributed by atoms with van der Waals surface area (Å²) in [6.07, 6.45) is 1.07. The van der Waals surface area contributed by atoms with Gasteiger partial charge in [0.15, 0.2) is 0 Å². The number of aromatic nitrogens is 4. The van der Waals surface area contributed by atoms with Crippen molar-refractivity contribution in [3.05, 3.63) is 45.4 Å². The zero-order valence-corrected chi connectivity index (χ0v) is 23.3. The highest BCUT2D eigenvalue weighted by molar-refractivity contribution is 7.92. The fourth-order valence-corrected chi connectivity index (χ4v) is 7.00. The van der Waals surface area contributed by atoms with E-state index in [1.165, 1.54) is 0 Å². The molecule has 36 heavy (non-hydrogen) atoms. The molecule has 4 aromatic rings. The second-order valence-electron chi connectivity index (χ2n) is 8.25. The number of halogens is 2. The van der Waals surface area contributed by atoms with Crippen LogP contribution < -0.4 is 9.14 Å². The van der Waals surface area contributed by atoms with Crippen LogP contribution in [0.1, 0.15) is 37.8 Å². The second-order valence-corrected chi connectivity index (χ2v) is 12.4. The first-order valence-corrected chi connectivity index (χ1v) is 15.0. The van der Waals surface area contributed by atoms with E-state index in [9.17, 15) is 16.8 Å². The molecule has 0 radical (unpaired) electrons. The molecule has 2 aromatic heterocycles. The van der Waals surface area contributed by atoms with Crippen molar-refractivity contribution in [1.82, 2.24) is 24.4 Å². The fraction of sp³-hybridized carbons (Fsp3) is 0.364. The largest absolute Gasteiger partial charge is 0.327 e. The summed E-state index contributed by atoms with van der Waals surface area (Å²) in [6.45, 7) is 6.97. The molecule has 10 nitrogen and oxygen atoms in total. The van der Waals surface area contributed by atoms with Gasteiger partial charge in [-0.05, 0) is 43.5 Å². The molecule has 0 aliphatic heterocycles. The molecule has 0 unspecified atom stereocenters. The Kier molecular flexibility index (Phi) is 7.28. The van der Waals surface area contributed by atoms with E-state index in [0.717, 1.165) is 9.09 Å². The van der Waals surface area contributed by atoms with Crippen molar-refractivity contribution in [2.75, 3.05) is 17.5 Å². The standard InChI is InChI=1S/C22H26Cl2N6O4S2/c1-5-7-12-29(36(33,34)21-26-15-10-8-9-11-16(15)27-21)30-20-18(24)14(4)13(3)17(23)19(20)28-22(30)35(31,32)25-6-2/h8-11,25H,5-7,12H2,1-4H3,(H,26,27). The Hall–Kier alpha value is -2.38. The van der Waals surface area contributed by atoms with E-state index in [1.807, 2.05) is 6.92 Å². The number of sulfonamides is 2. The summed E-state index contributed by atoms with van der Waals surface area (Å²) in [5.41, 5.74) is 2.34. The first-order chi connectivity index (χ1) is 17.0. The van der Waals surface area contributed by atoms with E-state index in [2.05, 4.69) is 19.7 Å². The lowest BCUT2D eigenvalue weighted by Crippen LogP contribution is -2.44. The van der Waals surface area contributed by atoms with Gasteiger partial charge in [0.25, 0.3) is 15.2 Å². The molecule has 0 amide bonds. The first kappa shape index (κ1) is 26.7. The third kappa shape index (κ3) is 4.34. The monoisotopic (exact) mass is 572 g/mol. The van der Waals surface area contributed by atoms with E-state index >= 15 is 0 Å². The lowest BCUT2D eigenvalue weighted by Gasteiger charge is -2.26. The van der Waals surface area contributed by atoms with E-state index in [0.29, 0.717) is 35.0 Å². The summed E-state index contributed by atoms with van der Waals surface area (Å²) in [5.74, 6) is 0. The molecule has 0 aliphatic rings. The molecule has 2 N–H and O–H groups in total. The topological polar surface area (TPSA) is 130 Å². The zero-order valence-electron chi connectivity index (χ0n) is 20.1. The van der Waals surface area contributed by atoms with Crippen molar-refractivity contribution in [2.24, 2.45) is 0 Å². The molecule has 2 aromatic carbocycles. The number of fused-ring (bicyclic) bond motifs is 2. The van der Waals surface area contributed by atoms with Crippen LogP contribution in [0.4, 0.5) is 0 Å². The molecule has 0 saturated heterocycles. The number of nitrogens with one attached hydrogen (secondary N) is 2. The van der Waals surface area contributed by atoms with Crippen LogP contribution in [-0.2, 0) is 20.0 Å². The van der Waals surface area contributed by atoms with Gasteiger partial charge < -0.3 is 4.98 Å². The van der Waals surface area contributed by atoms with Gasteiger partial charge in [0.1, 0.15) is 11.0 Å². The Morgan fingerprint density at radius 3 is 2.33 bits per heavy atom. The van der Waals surface area contributed by atoms with Crippen LogP contribution in [0.5, 0.6) is 0 Å². The Balaban J connectivity index is 2.11. The van der Waals surface area contributed by atoms with E-state index in [-0.39, 0.29) is 39.3 Å². The maximum atomic E-state index is 14.0. The molecular weight excluding hydrogens is 547 g/mol. The smallest absolute Gasteiger partial charge is 0.311 e. The molecule has 194 valence electrons. The number of para-hydroxylation sites is 2. The van der Waals surface area contributed by atoms with E-state index < -0.39 is 25.2 Å². The minimum atomic E-state index is -4.40. The summed E-state index contributed by atoms with van der Waals surface area (Å²) in [6, 6.07) is 6.88. The van der Waals surface area contributed by atoms with Gasteiger partial charge in [0.2, 0.25) is 5.16 Å². The van der Waals surface area contributed by atoms with Gasteiger partial charge >= 0.3 is 10.0 Å². The van der Waals surface area contributed by atoms with Gasteiger partial charge in [-0.2, -0.15) is 12.8 Å². The predicted molar refractivity (Wildman–Crippen MR) is 141 cm³/mol. The molecule has 0 atom stereocenters. The minimum absolute atomic E-state index is 0.0587. The summed E-state index contributed by atoms with van der Waals surface area (Å²) in [7, 11) is -8.66. The average molecular weight is 574 g/mol. The number of imidazole rings is 2. The number of hydrogen-bond acceptors (Lipinski definition) is 6. The lowest BCUT2D eigenvalue weighted by molar-refractivity contribution is 0.534. The van der Waals surface area contributed by atoms with Crippen molar-refractivity contribution in [1.29, 1.82) is 0 Å². The Morgan fingerprint density at radius 2 is 1.69 bits per heavy atom. The summed E-state index contributed by atoms with van der Waals surface area (Å²) < 4.78 is 59.0. The molecule has 0 spiro atoms. The van der Waals surface area contributed by atoms with Gasteiger partial charge in [-0.25, -0.2) is 27.8 Å². The summed E-state index contributed by atoms with van der Waals surface area (Å²) in [5, 5.41) is -0.530. The molecule has 0 bridgehead atoms. The highest BCUT2D eigenvalue weighted by Gasteiger charge is 2.36. The molecule has 14 heteroatoms. The minimum Gasteiger partial charge on any atom is -0.327 e. The number of aromatic amines is 1. The van der Waals surface area contributed by atoms with Crippen LogP contribution >= 0.6 is 23.2 Å². The predicted octanol–water partition coefficient (Wildman–Crippen LogP) is 4.26. The van der Waals surface area contributed by atoms with Crippen molar-refractivity contribution in [2.45, 2.75) is 50.8 Å². The number of benzene rings is 2. The van der Waals surface area contributed by atoms with Crippen LogP contribution in [0.25, 0.3) is 22.1 Å². The van der Waals surface area contributed by atoms with Gasteiger partial charge in [0.05, 0.1) is 27.6 Å². The molecule has 0 aliphatic carbocycles. The van der Waals surface area contributed by atoms with Crippen molar-refractivity contribution in [3.63, 3.8) is 0 Å². The number of H-pyrrole nitrogens is 1. The highest BCUT2D eigenvalue weighted by atomic mass is 35.5. The average Bonchev–Trinajstić information content (AvgIpc) is 3.45. The summed E-state index contributed by atoms with van der Waals surface area (Å²) >= 11 is 13.3. The maximum absolute atomic E-state index is 14.0. The van der Waals surface area contributed by atoms with Crippen molar-refractivity contribution < 1.29 is 16.8 Å². The van der Waals surface area contributed by atoms with Crippen LogP contribution in [0.3, 0.4) is 0 Å². The molecule has 0 fully saturated rings. The number of rotatable bonds is 9. The van der Waals surface area contributed by atoms with Crippen LogP contribution in [0.15, 0.2) is 34.6 Å². The first-order valence-electron chi connectivity index (χ1n) is 11.3. The maximum Gasteiger partial charge on any atom is 0.311 e. The highest BCUT2D eigenvalue weighted by Crippen LogP contribution is 2.38. The lowest BCUT2D eigenvalue weighted by atomic mass is 10.1. The van der Waals surface area contributed by atoms with Crippen LogP contribution in [0.2, 0.25) is 10.0 Å². The number of unbranched alkanes of at least 4 members (excludes halogenated alkanes) is 1.